The van der Waals surface area contributed by atoms with Gasteiger partial charge in [-0.05, 0) is 43.9 Å². The number of para-hydroxylation sites is 1. The Morgan fingerprint density at radius 1 is 1.17 bits per heavy atom. The molecule has 1 saturated heterocycles. The lowest BCUT2D eigenvalue weighted by Gasteiger charge is -2.32. The number of carbonyl (C=O) groups excluding carboxylic acids is 1. The summed E-state index contributed by atoms with van der Waals surface area (Å²) in [4.78, 5) is 20.5. The van der Waals surface area contributed by atoms with Gasteiger partial charge < -0.3 is 5.32 Å². The van der Waals surface area contributed by atoms with Crippen molar-refractivity contribution in [3.05, 3.63) is 71.5 Å². The predicted molar refractivity (Wildman–Crippen MR) is 120 cm³/mol. The van der Waals surface area contributed by atoms with Crippen LogP contribution in [0, 0.1) is 11.7 Å². The molecule has 0 unspecified atom stereocenters. The fraction of sp³-hybridized carbons (Fsp3) is 0.333. The van der Waals surface area contributed by atoms with Gasteiger partial charge in [-0.3, -0.25) is 9.69 Å². The number of nitrogens with zero attached hydrogens (tertiary/aromatic N) is 2. The molecular formula is C24H26FN3OS. The Labute approximate surface area is 180 Å². The molecule has 1 fully saturated rings. The molecule has 1 aliphatic heterocycles. The van der Waals surface area contributed by atoms with E-state index in [-0.39, 0.29) is 11.6 Å². The lowest BCUT2D eigenvalue weighted by atomic mass is 9.93. The molecule has 1 amide bonds. The Morgan fingerprint density at radius 2 is 1.97 bits per heavy atom. The van der Waals surface area contributed by atoms with Crippen LogP contribution in [0.2, 0.25) is 0 Å². The molecule has 30 heavy (non-hydrogen) atoms. The maximum absolute atomic E-state index is 13.7. The van der Waals surface area contributed by atoms with E-state index < -0.39 is 5.82 Å². The van der Waals surface area contributed by atoms with Crippen LogP contribution < -0.4 is 5.32 Å². The van der Waals surface area contributed by atoms with Gasteiger partial charge in [-0.1, -0.05) is 42.5 Å². The van der Waals surface area contributed by atoms with Gasteiger partial charge in [0.2, 0.25) is 5.91 Å². The number of amides is 1. The number of piperidine rings is 1. The molecule has 1 N–H and O–H groups in total. The van der Waals surface area contributed by atoms with Gasteiger partial charge in [0.15, 0.2) is 0 Å². The van der Waals surface area contributed by atoms with E-state index in [4.69, 9.17) is 0 Å². The number of aromatic nitrogens is 1. The van der Waals surface area contributed by atoms with Crippen molar-refractivity contribution in [2.45, 2.75) is 32.2 Å². The number of hydrogen-bond acceptors (Lipinski definition) is 4. The Hall–Kier alpha value is -2.57. The van der Waals surface area contributed by atoms with Gasteiger partial charge >= 0.3 is 0 Å². The second-order valence-electron chi connectivity index (χ2n) is 7.81. The predicted octanol–water partition coefficient (Wildman–Crippen LogP) is 5.58. The normalized spacial score (nSPS) is 17.0. The van der Waals surface area contributed by atoms with Crippen LogP contribution in [0.15, 0.2) is 60.8 Å². The Morgan fingerprint density at radius 3 is 2.80 bits per heavy atom. The summed E-state index contributed by atoms with van der Waals surface area (Å²) in [6, 6.07) is 16.6. The molecular weight excluding hydrogens is 397 g/mol. The summed E-state index contributed by atoms with van der Waals surface area (Å²) in [5, 5.41) is 3.74. The molecule has 0 spiro atoms. The van der Waals surface area contributed by atoms with Crippen LogP contribution in [0.1, 0.15) is 30.6 Å². The summed E-state index contributed by atoms with van der Waals surface area (Å²) in [5.74, 6) is -0.0204. The van der Waals surface area contributed by atoms with Crippen molar-refractivity contribution >= 4 is 22.9 Å². The minimum Gasteiger partial charge on any atom is -0.324 e. The molecule has 4 nitrogen and oxygen atoms in total. The lowest BCUT2D eigenvalue weighted by molar-refractivity contribution is -0.116. The molecule has 1 aliphatic rings. The van der Waals surface area contributed by atoms with E-state index in [1.54, 1.807) is 29.5 Å². The quantitative estimate of drug-likeness (QED) is 0.540. The zero-order valence-corrected chi connectivity index (χ0v) is 17.7. The standard InChI is InChI=1S/C24H26FN3OS/c25-21-10-4-5-11-22(21)27-23(29)13-12-18-7-6-14-28(16-18)17-20-15-26-24(30-20)19-8-2-1-3-9-19/h1-5,8-11,15,18H,6-7,12-14,16-17H2,(H,27,29)/t18-/m1/s1. The summed E-state index contributed by atoms with van der Waals surface area (Å²) in [6.07, 6.45) is 5.52. The Bertz CT molecular complexity index is 975. The molecule has 0 saturated carbocycles. The molecule has 1 aromatic heterocycles. The van der Waals surface area contributed by atoms with Crippen LogP contribution >= 0.6 is 11.3 Å². The molecule has 2 aromatic carbocycles. The fourth-order valence-electron chi connectivity index (χ4n) is 3.96. The summed E-state index contributed by atoms with van der Waals surface area (Å²) in [5.41, 5.74) is 1.42. The number of thiazole rings is 1. The van der Waals surface area contributed by atoms with E-state index in [2.05, 4.69) is 27.3 Å². The van der Waals surface area contributed by atoms with Crippen molar-refractivity contribution in [2.75, 3.05) is 18.4 Å². The maximum Gasteiger partial charge on any atom is 0.224 e. The zero-order valence-electron chi connectivity index (χ0n) is 16.9. The number of likely N-dealkylation sites (tertiary alicyclic amines) is 1. The number of hydrogen-bond donors (Lipinski definition) is 1. The van der Waals surface area contributed by atoms with Crippen LogP contribution in [0.25, 0.3) is 10.6 Å². The third-order valence-corrected chi connectivity index (χ3v) is 6.52. The van der Waals surface area contributed by atoms with Gasteiger partial charge in [0.25, 0.3) is 0 Å². The third-order valence-electron chi connectivity index (χ3n) is 5.48. The number of nitrogens with one attached hydrogen (secondary N) is 1. The maximum atomic E-state index is 13.7. The van der Waals surface area contributed by atoms with Crippen LogP contribution in [0.3, 0.4) is 0 Å². The smallest absolute Gasteiger partial charge is 0.224 e. The van der Waals surface area contributed by atoms with Gasteiger partial charge in [-0.15, -0.1) is 11.3 Å². The van der Waals surface area contributed by atoms with Crippen molar-refractivity contribution < 1.29 is 9.18 Å². The van der Waals surface area contributed by atoms with Gasteiger partial charge in [-0.25, -0.2) is 9.37 Å². The minimum atomic E-state index is -0.394. The van der Waals surface area contributed by atoms with E-state index in [0.29, 0.717) is 12.3 Å². The molecule has 0 radical (unpaired) electrons. The average molecular weight is 424 g/mol. The second-order valence-corrected chi connectivity index (χ2v) is 8.92. The largest absolute Gasteiger partial charge is 0.324 e. The van der Waals surface area contributed by atoms with Gasteiger partial charge in [-0.2, -0.15) is 0 Å². The van der Waals surface area contributed by atoms with E-state index in [0.717, 1.165) is 49.5 Å². The van der Waals surface area contributed by atoms with E-state index in [1.807, 2.05) is 24.4 Å². The van der Waals surface area contributed by atoms with Crippen LogP contribution in [-0.2, 0) is 11.3 Å². The summed E-state index contributed by atoms with van der Waals surface area (Å²) in [6.45, 7) is 2.98. The molecule has 156 valence electrons. The molecule has 6 heteroatoms. The van der Waals surface area contributed by atoms with Crippen molar-refractivity contribution in [3.63, 3.8) is 0 Å². The highest BCUT2D eigenvalue weighted by molar-refractivity contribution is 7.15. The van der Waals surface area contributed by atoms with Gasteiger partial charge in [0.05, 0.1) is 5.69 Å². The van der Waals surface area contributed by atoms with Crippen molar-refractivity contribution in [2.24, 2.45) is 5.92 Å². The Balaban J connectivity index is 1.26. The van der Waals surface area contributed by atoms with Crippen molar-refractivity contribution in [1.29, 1.82) is 0 Å². The first kappa shape index (κ1) is 20.7. The van der Waals surface area contributed by atoms with Gasteiger partial charge in [0, 0.05) is 36.1 Å². The highest BCUT2D eigenvalue weighted by atomic mass is 32.1. The minimum absolute atomic E-state index is 0.118. The van der Waals surface area contributed by atoms with Gasteiger partial charge in [0.1, 0.15) is 10.8 Å². The van der Waals surface area contributed by atoms with E-state index in [1.165, 1.54) is 10.9 Å². The van der Waals surface area contributed by atoms with Crippen molar-refractivity contribution in [3.8, 4) is 10.6 Å². The number of anilines is 1. The van der Waals surface area contributed by atoms with Crippen molar-refractivity contribution in [1.82, 2.24) is 9.88 Å². The SMILES string of the molecule is O=C(CC[C@H]1CCCN(Cc2cnc(-c3ccccc3)s2)C1)Nc1ccccc1F. The van der Waals surface area contributed by atoms with E-state index >= 15 is 0 Å². The summed E-state index contributed by atoms with van der Waals surface area (Å²) < 4.78 is 13.7. The second kappa shape index (κ2) is 9.96. The molecule has 0 bridgehead atoms. The average Bonchev–Trinajstić information content (AvgIpc) is 3.23. The van der Waals surface area contributed by atoms with E-state index in [9.17, 15) is 9.18 Å². The van der Waals surface area contributed by atoms with Crippen LogP contribution in [0.5, 0.6) is 0 Å². The number of halogens is 1. The molecule has 2 heterocycles. The zero-order chi connectivity index (χ0) is 20.8. The highest BCUT2D eigenvalue weighted by Gasteiger charge is 2.21. The lowest BCUT2D eigenvalue weighted by Crippen LogP contribution is -2.35. The highest BCUT2D eigenvalue weighted by Crippen LogP contribution is 2.28. The molecule has 0 aliphatic carbocycles. The summed E-state index contributed by atoms with van der Waals surface area (Å²) in [7, 11) is 0. The number of carbonyl (C=O) groups is 1. The number of benzene rings is 2. The molecule has 1 atom stereocenters. The number of rotatable bonds is 7. The Kier molecular flexibility index (Phi) is 6.87. The van der Waals surface area contributed by atoms with Crippen LogP contribution in [0.4, 0.5) is 10.1 Å². The summed E-state index contributed by atoms with van der Waals surface area (Å²) >= 11 is 1.75. The first-order chi connectivity index (χ1) is 14.7. The first-order valence-electron chi connectivity index (χ1n) is 10.4. The first-order valence-corrected chi connectivity index (χ1v) is 11.3. The monoisotopic (exact) mass is 423 g/mol. The molecule has 3 aromatic rings. The topological polar surface area (TPSA) is 45.2 Å². The third kappa shape index (κ3) is 5.52. The fourth-order valence-corrected chi connectivity index (χ4v) is 4.92. The van der Waals surface area contributed by atoms with Crippen LogP contribution in [-0.4, -0.2) is 28.9 Å². The molecule has 4 rings (SSSR count).